The summed E-state index contributed by atoms with van der Waals surface area (Å²) in [5.41, 5.74) is 5.50. The first-order valence-electron chi connectivity index (χ1n) is 12.5. The molecular weight excluding hydrogens is 486 g/mol. The predicted molar refractivity (Wildman–Crippen MR) is 143 cm³/mol. The molecule has 4 aromatic rings. The van der Waals surface area contributed by atoms with Crippen molar-refractivity contribution in [1.82, 2.24) is 20.1 Å². The fourth-order valence-electron chi connectivity index (χ4n) is 4.69. The van der Waals surface area contributed by atoms with Crippen LogP contribution in [-0.4, -0.2) is 38.9 Å². The molecule has 190 valence electrons. The minimum absolute atomic E-state index is 0.0386. The van der Waals surface area contributed by atoms with E-state index in [0.717, 1.165) is 41.8 Å². The van der Waals surface area contributed by atoms with Crippen LogP contribution in [0.25, 0.3) is 5.69 Å². The van der Waals surface area contributed by atoms with Crippen LogP contribution in [-0.2, 0) is 30.6 Å². The summed E-state index contributed by atoms with van der Waals surface area (Å²) in [5.74, 6) is 0.783. The number of fused-ring (bicyclic) bond motifs is 1. The van der Waals surface area contributed by atoms with Crippen LogP contribution in [0, 0.1) is 0 Å². The normalized spacial score (nSPS) is 12.5. The van der Waals surface area contributed by atoms with E-state index < -0.39 is 0 Å². The van der Waals surface area contributed by atoms with Crippen molar-refractivity contribution in [2.75, 3.05) is 17.2 Å². The van der Waals surface area contributed by atoms with E-state index in [0.29, 0.717) is 17.5 Å². The van der Waals surface area contributed by atoms with Crippen molar-refractivity contribution in [2.24, 2.45) is 0 Å². The van der Waals surface area contributed by atoms with Gasteiger partial charge in [0.25, 0.3) is 5.91 Å². The molecule has 0 atom stereocenters. The van der Waals surface area contributed by atoms with E-state index in [4.69, 9.17) is 4.42 Å². The van der Waals surface area contributed by atoms with Gasteiger partial charge in [0.2, 0.25) is 5.91 Å². The molecule has 2 aromatic heterocycles. The minimum Gasteiger partial charge on any atom is -0.459 e. The molecule has 0 saturated heterocycles. The van der Waals surface area contributed by atoms with Gasteiger partial charge in [-0.15, -0.1) is 10.2 Å². The van der Waals surface area contributed by atoms with Gasteiger partial charge in [-0.3, -0.25) is 14.2 Å². The molecule has 8 nitrogen and oxygen atoms in total. The Hall–Kier alpha value is -3.85. The minimum atomic E-state index is -0.323. The molecule has 1 aliphatic rings. The van der Waals surface area contributed by atoms with Crippen LogP contribution < -0.4 is 10.2 Å². The zero-order valence-electron chi connectivity index (χ0n) is 20.9. The molecule has 0 radical (unpaired) electrons. The van der Waals surface area contributed by atoms with E-state index in [1.54, 1.807) is 12.1 Å². The number of amides is 2. The lowest BCUT2D eigenvalue weighted by Crippen LogP contribution is -2.30. The Kier molecular flexibility index (Phi) is 7.41. The molecule has 0 unspecified atom stereocenters. The van der Waals surface area contributed by atoms with Crippen LogP contribution in [0.2, 0.25) is 0 Å². The van der Waals surface area contributed by atoms with E-state index in [1.807, 2.05) is 27.7 Å². The Morgan fingerprint density at radius 3 is 2.51 bits per heavy atom. The number of hydrogen-bond acceptors (Lipinski definition) is 6. The number of aromatic nitrogens is 3. The van der Waals surface area contributed by atoms with Gasteiger partial charge in [-0.25, -0.2) is 0 Å². The molecule has 9 heteroatoms. The predicted octanol–water partition coefficient (Wildman–Crippen LogP) is 4.60. The Bertz CT molecular complexity index is 1390. The summed E-state index contributed by atoms with van der Waals surface area (Å²) < 4.78 is 7.21. The first-order chi connectivity index (χ1) is 18.1. The van der Waals surface area contributed by atoms with E-state index in [1.165, 1.54) is 23.6 Å². The van der Waals surface area contributed by atoms with Crippen LogP contribution >= 0.6 is 11.8 Å². The molecule has 2 amide bonds. The Morgan fingerprint density at radius 1 is 1.00 bits per heavy atom. The molecule has 0 bridgehead atoms. The number of aryl methyl sites for hydroxylation is 2. The second-order valence-electron chi connectivity index (χ2n) is 8.74. The fourth-order valence-corrected chi connectivity index (χ4v) is 5.52. The highest BCUT2D eigenvalue weighted by Crippen LogP contribution is 2.31. The van der Waals surface area contributed by atoms with Crippen LogP contribution in [0.3, 0.4) is 0 Å². The van der Waals surface area contributed by atoms with Gasteiger partial charge in [-0.2, -0.15) is 0 Å². The maximum atomic E-state index is 13.2. The summed E-state index contributed by atoms with van der Waals surface area (Å²) in [7, 11) is 0. The van der Waals surface area contributed by atoms with Gasteiger partial charge < -0.3 is 14.6 Å². The van der Waals surface area contributed by atoms with Crippen molar-refractivity contribution >= 4 is 29.3 Å². The molecule has 1 aliphatic heterocycles. The van der Waals surface area contributed by atoms with Crippen LogP contribution in [0.15, 0.2) is 70.4 Å². The number of thioether (sulfide) groups is 1. The number of hydrogen-bond donors (Lipinski definition) is 1. The van der Waals surface area contributed by atoms with Crippen molar-refractivity contribution in [3.05, 3.63) is 89.1 Å². The molecule has 1 N–H and O–H groups in total. The van der Waals surface area contributed by atoms with Gasteiger partial charge in [0.1, 0.15) is 0 Å². The zero-order chi connectivity index (χ0) is 25.8. The van der Waals surface area contributed by atoms with E-state index in [9.17, 15) is 9.59 Å². The Balaban J connectivity index is 1.43. The average Bonchev–Trinajstić information content (AvgIpc) is 3.69. The largest absolute Gasteiger partial charge is 0.459 e. The molecule has 3 heterocycles. The monoisotopic (exact) mass is 515 g/mol. The van der Waals surface area contributed by atoms with E-state index in [2.05, 4.69) is 53.6 Å². The first-order valence-corrected chi connectivity index (χ1v) is 13.5. The van der Waals surface area contributed by atoms with Crippen molar-refractivity contribution in [1.29, 1.82) is 0 Å². The third-order valence-electron chi connectivity index (χ3n) is 6.55. The van der Waals surface area contributed by atoms with Gasteiger partial charge in [-0.05, 0) is 54.2 Å². The van der Waals surface area contributed by atoms with Crippen molar-refractivity contribution in [3.8, 4) is 5.69 Å². The number of para-hydroxylation sites is 2. The highest BCUT2D eigenvalue weighted by molar-refractivity contribution is 7.99. The number of carbonyl (C=O) groups excluding carboxylic acids is 2. The van der Waals surface area contributed by atoms with Gasteiger partial charge >= 0.3 is 0 Å². The molecular formula is C28H29N5O3S. The third kappa shape index (κ3) is 5.04. The summed E-state index contributed by atoms with van der Waals surface area (Å²) in [5, 5.41) is 12.4. The summed E-state index contributed by atoms with van der Waals surface area (Å²) in [6.07, 6.45) is 3.99. The summed E-state index contributed by atoms with van der Waals surface area (Å²) in [6.45, 7) is 5.08. The van der Waals surface area contributed by atoms with Crippen molar-refractivity contribution in [3.63, 3.8) is 0 Å². The average molecular weight is 516 g/mol. The fraction of sp³-hybridized carbons (Fsp3) is 0.286. The Labute approximate surface area is 220 Å². The summed E-state index contributed by atoms with van der Waals surface area (Å²) in [4.78, 5) is 27.6. The van der Waals surface area contributed by atoms with Crippen molar-refractivity contribution < 1.29 is 14.0 Å². The highest BCUT2D eigenvalue weighted by Gasteiger charge is 2.26. The lowest BCUT2D eigenvalue weighted by Gasteiger charge is -2.19. The molecule has 37 heavy (non-hydrogen) atoms. The van der Waals surface area contributed by atoms with E-state index >= 15 is 0 Å². The lowest BCUT2D eigenvalue weighted by molar-refractivity contribution is -0.116. The van der Waals surface area contributed by atoms with E-state index in [-0.39, 0.29) is 29.9 Å². The molecule has 0 aliphatic carbocycles. The quantitative estimate of drug-likeness (QED) is 0.328. The molecule has 0 fully saturated rings. The van der Waals surface area contributed by atoms with Crippen molar-refractivity contribution in [2.45, 2.75) is 44.8 Å². The van der Waals surface area contributed by atoms with Crippen LogP contribution in [0.5, 0.6) is 0 Å². The lowest BCUT2D eigenvalue weighted by atomic mass is 10.0. The number of carbonyl (C=O) groups is 2. The van der Waals surface area contributed by atoms with Crippen LogP contribution in [0.1, 0.15) is 46.9 Å². The third-order valence-corrected chi connectivity index (χ3v) is 7.47. The number of anilines is 1. The number of rotatable bonds is 9. The summed E-state index contributed by atoms with van der Waals surface area (Å²) in [6, 6.07) is 17.6. The second kappa shape index (κ2) is 11.0. The zero-order valence-corrected chi connectivity index (χ0v) is 21.8. The standard InChI is InChI=1S/C28H29N5O3S/c1-3-19-10-7-11-20(4-2)26(19)33-24(17-29-27(35)23-13-8-16-36-23)30-31-28(33)37-18-25(34)32-15-14-21-9-5-6-12-22(21)32/h5-13,16H,3-4,14-15,17-18H2,1-2H3,(H,29,35). The molecule has 0 spiro atoms. The molecule has 5 rings (SSSR count). The van der Waals surface area contributed by atoms with Gasteiger partial charge in [-0.1, -0.05) is 62.0 Å². The highest BCUT2D eigenvalue weighted by atomic mass is 32.2. The number of nitrogens with one attached hydrogen (secondary N) is 1. The second-order valence-corrected chi connectivity index (χ2v) is 9.68. The molecule has 0 saturated carbocycles. The van der Waals surface area contributed by atoms with Crippen LogP contribution in [0.4, 0.5) is 5.69 Å². The smallest absolute Gasteiger partial charge is 0.287 e. The number of nitrogens with zero attached hydrogens (tertiary/aromatic N) is 4. The SMILES string of the molecule is CCc1cccc(CC)c1-n1c(CNC(=O)c2ccco2)nnc1SCC(=O)N1CCc2ccccc21. The van der Waals surface area contributed by atoms with Gasteiger partial charge in [0.15, 0.2) is 16.7 Å². The van der Waals surface area contributed by atoms with Gasteiger partial charge in [0, 0.05) is 12.2 Å². The topological polar surface area (TPSA) is 93.3 Å². The summed E-state index contributed by atoms with van der Waals surface area (Å²) >= 11 is 1.37. The number of furan rings is 1. The first kappa shape index (κ1) is 24.8. The molecule has 2 aromatic carbocycles. The maximum Gasteiger partial charge on any atom is 0.287 e. The maximum absolute atomic E-state index is 13.2. The Morgan fingerprint density at radius 2 is 1.78 bits per heavy atom. The number of benzene rings is 2. The van der Waals surface area contributed by atoms with Gasteiger partial charge in [0.05, 0.1) is 24.2 Å².